The molecule has 2 heterocycles. The minimum Gasteiger partial charge on any atom is -0.375 e. The molecule has 2 aliphatic rings. The zero-order chi connectivity index (χ0) is 18.0. The molecule has 1 saturated heterocycles. The van der Waals surface area contributed by atoms with Crippen molar-refractivity contribution in [1.82, 2.24) is 15.5 Å². The highest BCUT2D eigenvalue weighted by molar-refractivity contribution is 6.06. The third kappa shape index (κ3) is 3.59. The standard InChI is InChI=1S/C17H19N3O5/c1-25-9-15(22)19-16(23)11-4-2-3-10-7-20(8-12(10)11)13-5-6-14(21)18-17(13)24/h2-4,13H,5-9H2,1H3,(H,18,21,24)(H,19,22,23). The molecule has 8 heteroatoms. The van der Waals surface area contributed by atoms with Gasteiger partial charge in [-0.05, 0) is 23.6 Å². The van der Waals surface area contributed by atoms with Crippen LogP contribution in [0.25, 0.3) is 0 Å². The molecule has 132 valence electrons. The SMILES string of the molecule is COCC(=O)NC(=O)c1cccc2c1CN(C1CCC(=O)NC1=O)C2. The first-order chi connectivity index (χ1) is 12.0. The van der Waals surface area contributed by atoms with Crippen molar-refractivity contribution in [2.45, 2.75) is 32.0 Å². The zero-order valence-electron chi connectivity index (χ0n) is 13.8. The summed E-state index contributed by atoms with van der Waals surface area (Å²) in [6.07, 6.45) is 0.772. The van der Waals surface area contributed by atoms with E-state index in [-0.39, 0.29) is 18.4 Å². The number of fused-ring (bicyclic) bond motifs is 1. The maximum atomic E-state index is 12.3. The van der Waals surface area contributed by atoms with Crippen LogP contribution in [0.4, 0.5) is 0 Å². The van der Waals surface area contributed by atoms with Gasteiger partial charge in [-0.1, -0.05) is 12.1 Å². The third-order valence-electron chi connectivity index (χ3n) is 4.43. The van der Waals surface area contributed by atoms with Crippen LogP contribution in [-0.4, -0.2) is 48.3 Å². The van der Waals surface area contributed by atoms with Gasteiger partial charge in [0, 0.05) is 32.2 Å². The van der Waals surface area contributed by atoms with E-state index < -0.39 is 17.9 Å². The number of hydrogen-bond donors (Lipinski definition) is 2. The molecule has 2 N–H and O–H groups in total. The molecular weight excluding hydrogens is 326 g/mol. The average Bonchev–Trinajstić information content (AvgIpc) is 2.98. The lowest BCUT2D eigenvalue weighted by Gasteiger charge is -2.29. The molecule has 0 aromatic heterocycles. The first-order valence-electron chi connectivity index (χ1n) is 8.01. The van der Waals surface area contributed by atoms with Gasteiger partial charge >= 0.3 is 0 Å². The Kier molecular flexibility index (Phi) is 4.91. The van der Waals surface area contributed by atoms with Gasteiger partial charge in [0.15, 0.2) is 0 Å². The Morgan fingerprint density at radius 1 is 1.32 bits per heavy atom. The molecule has 0 aliphatic carbocycles. The number of piperidine rings is 1. The number of imide groups is 2. The number of ether oxygens (including phenoxy) is 1. The Morgan fingerprint density at radius 2 is 2.12 bits per heavy atom. The highest BCUT2D eigenvalue weighted by Crippen LogP contribution is 2.29. The summed E-state index contributed by atoms with van der Waals surface area (Å²) in [5.41, 5.74) is 2.16. The minimum absolute atomic E-state index is 0.191. The number of nitrogens with zero attached hydrogens (tertiary/aromatic N) is 1. The Bertz CT molecular complexity index is 746. The molecular formula is C17H19N3O5. The fourth-order valence-corrected chi connectivity index (χ4v) is 3.27. The lowest BCUT2D eigenvalue weighted by atomic mass is 10.0. The summed E-state index contributed by atoms with van der Waals surface area (Å²) < 4.78 is 4.71. The highest BCUT2D eigenvalue weighted by Gasteiger charge is 2.36. The van der Waals surface area contributed by atoms with Crippen molar-refractivity contribution in [2.24, 2.45) is 0 Å². The van der Waals surface area contributed by atoms with E-state index in [0.717, 1.165) is 11.1 Å². The molecule has 0 bridgehead atoms. The van der Waals surface area contributed by atoms with Gasteiger partial charge in [-0.15, -0.1) is 0 Å². The van der Waals surface area contributed by atoms with Crippen LogP contribution < -0.4 is 10.6 Å². The number of carbonyl (C=O) groups excluding carboxylic acids is 4. The van der Waals surface area contributed by atoms with Crippen molar-refractivity contribution >= 4 is 23.6 Å². The highest BCUT2D eigenvalue weighted by atomic mass is 16.5. The number of amides is 4. The number of rotatable bonds is 4. The minimum atomic E-state index is -0.509. The van der Waals surface area contributed by atoms with Crippen molar-refractivity contribution in [2.75, 3.05) is 13.7 Å². The van der Waals surface area contributed by atoms with Gasteiger partial charge in [0.05, 0.1) is 6.04 Å². The van der Waals surface area contributed by atoms with Crippen LogP contribution in [0.1, 0.15) is 34.3 Å². The van der Waals surface area contributed by atoms with Crippen molar-refractivity contribution in [3.8, 4) is 0 Å². The predicted octanol–water partition coefficient (Wildman–Crippen LogP) is -0.290. The zero-order valence-corrected chi connectivity index (χ0v) is 13.8. The van der Waals surface area contributed by atoms with E-state index in [9.17, 15) is 19.2 Å². The van der Waals surface area contributed by atoms with Crippen LogP contribution in [0.5, 0.6) is 0 Å². The first-order valence-corrected chi connectivity index (χ1v) is 8.01. The number of nitrogens with one attached hydrogen (secondary N) is 2. The third-order valence-corrected chi connectivity index (χ3v) is 4.43. The lowest BCUT2D eigenvalue weighted by Crippen LogP contribution is -2.50. The summed E-state index contributed by atoms with van der Waals surface area (Å²) >= 11 is 0. The second-order valence-corrected chi connectivity index (χ2v) is 6.13. The first kappa shape index (κ1) is 17.2. The van der Waals surface area contributed by atoms with E-state index in [1.807, 2.05) is 11.0 Å². The molecule has 1 atom stereocenters. The van der Waals surface area contributed by atoms with Gasteiger partial charge in [-0.3, -0.25) is 34.7 Å². The molecule has 1 aromatic rings. The smallest absolute Gasteiger partial charge is 0.258 e. The van der Waals surface area contributed by atoms with Gasteiger partial charge < -0.3 is 4.74 Å². The van der Waals surface area contributed by atoms with E-state index in [1.54, 1.807) is 12.1 Å². The number of methoxy groups -OCH3 is 1. The van der Waals surface area contributed by atoms with Crippen molar-refractivity contribution in [3.05, 3.63) is 34.9 Å². The molecule has 2 aliphatic heterocycles. The predicted molar refractivity (Wildman–Crippen MR) is 86.2 cm³/mol. The second kappa shape index (κ2) is 7.12. The molecule has 1 aromatic carbocycles. The molecule has 0 saturated carbocycles. The maximum absolute atomic E-state index is 12.3. The number of carbonyl (C=O) groups is 4. The van der Waals surface area contributed by atoms with E-state index in [4.69, 9.17) is 4.74 Å². The summed E-state index contributed by atoms with van der Waals surface area (Å²) in [6, 6.07) is 4.91. The molecule has 1 unspecified atom stereocenters. The van der Waals surface area contributed by atoms with E-state index in [1.165, 1.54) is 7.11 Å². The molecule has 8 nitrogen and oxygen atoms in total. The van der Waals surface area contributed by atoms with Crippen molar-refractivity contribution < 1.29 is 23.9 Å². The van der Waals surface area contributed by atoms with Gasteiger partial charge in [-0.25, -0.2) is 0 Å². The van der Waals surface area contributed by atoms with Crippen LogP contribution in [0.3, 0.4) is 0 Å². The monoisotopic (exact) mass is 345 g/mol. The van der Waals surface area contributed by atoms with Gasteiger partial charge in [0.2, 0.25) is 11.8 Å². The Labute approximate surface area is 144 Å². The van der Waals surface area contributed by atoms with Gasteiger partial charge in [-0.2, -0.15) is 0 Å². The Balaban J connectivity index is 1.75. The largest absolute Gasteiger partial charge is 0.375 e. The van der Waals surface area contributed by atoms with Crippen molar-refractivity contribution in [1.29, 1.82) is 0 Å². The van der Waals surface area contributed by atoms with Crippen molar-refractivity contribution in [3.63, 3.8) is 0 Å². The summed E-state index contributed by atoms with van der Waals surface area (Å²) in [4.78, 5) is 49.2. The molecule has 0 radical (unpaired) electrons. The number of benzene rings is 1. The van der Waals surface area contributed by atoms with Crippen LogP contribution >= 0.6 is 0 Å². The lowest BCUT2D eigenvalue weighted by molar-refractivity contribution is -0.137. The molecule has 0 spiro atoms. The quantitative estimate of drug-likeness (QED) is 0.727. The number of hydrogen-bond acceptors (Lipinski definition) is 6. The van der Waals surface area contributed by atoms with E-state index >= 15 is 0 Å². The second-order valence-electron chi connectivity index (χ2n) is 6.13. The average molecular weight is 345 g/mol. The normalized spacial score (nSPS) is 20.1. The fourth-order valence-electron chi connectivity index (χ4n) is 3.27. The van der Waals surface area contributed by atoms with Crippen LogP contribution in [0.2, 0.25) is 0 Å². The molecule has 25 heavy (non-hydrogen) atoms. The van der Waals surface area contributed by atoms with Gasteiger partial charge in [0.25, 0.3) is 11.8 Å². The van der Waals surface area contributed by atoms with Gasteiger partial charge in [0.1, 0.15) is 6.61 Å². The molecule has 1 fully saturated rings. The summed E-state index contributed by atoms with van der Waals surface area (Å²) in [6.45, 7) is 0.752. The maximum Gasteiger partial charge on any atom is 0.258 e. The fraction of sp³-hybridized carbons (Fsp3) is 0.412. The van der Waals surface area contributed by atoms with Crippen LogP contribution in [0, 0.1) is 0 Å². The topological polar surface area (TPSA) is 105 Å². The summed E-state index contributed by atoms with van der Waals surface area (Å²) in [7, 11) is 1.38. The van der Waals surface area contributed by atoms with Crippen LogP contribution in [0.15, 0.2) is 18.2 Å². The summed E-state index contributed by atoms with van der Waals surface area (Å²) in [5.74, 6) is -1.55. The summed E-state index contributed by atoms with van der Waals surface area (Å²) in [5, 5.41) is 4.64. The molecule has 4 amide bonds. The molecule has 3 rings (SSSR count). The Morgan fingerprint density at radius 3 is 2.84 bits per heavy atom. The van der Waals surface area contributed by atoms with Crippen LogP contribution in [-0.2, 0) is 32.2 Å². The Hall–Kier alpha value is -2.58. The van der Waals surface area contributed by atoms with E-state index in [0.29, 0.717) is 31.5 Å². The van der Waals surface area contributed by atoms with E-state index in [2.05, 4.69) is 10.6 Å².